The first-order chi connectivity index (χ1) is 6.17. The fraction of sp³-hybridized carbons (Fsp3) is 0.889. The molecule has 0 bridgehead atoms. The van der Waals surface area contributed by atoms with Crippen molar-refractivity contribution in [2.75, 3.05) is 24.6 Å². The van der Waals surface area contributed by atoms with Gasteiger partial charge in [-0.2, -0.15) is 10.6 Å². The van der Waals surface area contributed by atoms with Crippen molar-refractivity contribution < 1.29 is 9.11 Å². The lowest BCUT2D eigenvalue weighted by molar-refractivity contribution is 0.287. The molecule has 1 saturated carbocycles. The molecule has 2 N–H and O–H groups in total. The highest BCUT2D eigenvalue weighted by molar-refractivity contribution is 8.24. The van der Waals surface area contributed by atoms with Crippen molar-refractivity contribution in [1.82, 2.24) is 4.90 Å². The second-order valence-electron chi connectivity index (χ2n) is 3.97. The maximum atomic E-state index is 9.44. The van der Waals surface area contributed by atoms with Crippen LogP contribution in [0.15, 0.2) is 0 Å². The minimum absolute atomic E-state index is 0.580. The van der Waals surface area contributed by atoms with Crippen molar-refractivity contribution in [3.05, 3.63) is 6.04 Å². The van der Waals surface area contributed by atoms with Crippen LogP contribution >= 0.6 is 10.6 Å². The molecule has 4 heteroatoms. The van der Waals surface area contributed by atoms with E-state index in [1.54, 1.807) is 6.04 Å². The molecule has 0 atom stereocenters. The monoisotopic (exact) mass is 204 g/mol. The molecule has 0 unspecified atom stereocenters. The molecule has 2 aliphatic rings. The van der Waals surface area contributed by atoms with Crippen molar-refractivity contribution in [2.45, 2.75) is 25.7 Å². The summed E-state index contributed by atoms with van der Waals surface area (Å²) in [4.78, 5) is 2.37. The predicted molar refractivity (Wildman–Crippen MR) is 55.9 cm³/mol. The van der Waals surface area contributed by atoms with E-state index in [4.69, 9.17) is 0 Å². The Bertz CT molecular complexity index is 170. The zero-order valence-electron chi connectivity index (χ0n) is 7.91. The molecule has 13 heavy (non-hydrogen) atoms. The lowest BCUT2D eigenvalue weighted by atomic mass is 10.2. The summed E-state index contributed by atoms with van der Waals surface area (Å²) in [7, 11) is -2.20. The van der Waals surface area contributed by atoms with Gasteiger partial charge in [-0.05, 0) is 12.8 Å². The average Bonchev–Trinajstić information content (AvgIpc) is 2.56. The number of hydrogen-bond donors (Lipinski definition) is 2. The summed E-state index contributed by atoms with van der Waals surface area (Å²) >= 11 is 0. The zero-order valence-corrected chi connectivity index (χ0v) is 8.72. The van der Waals surface area contributed by atoms with Crippen molar-refractivity contribution in [3.8, 4) is 0 Å². The van der Waals surface area contributed by atoms with Crippen LogP contribution in [0.4, 0.5) is 0 Å². The summed E-state index contributed by atoms with van der Waals surface area (Å²) in [6, 6.07) is 1.55. The first kappa shape index (κ1) is 9.77. The van der Waals surface area contributed by atoms with Gasteiger partial charge in [0.1, 0.15) is 0 Å². The summed E-state index contributed by atoms with van der Waals surface area (Å²) in [5.41, 5.74) is 0. The molecule has 0 aromatic carbocycles. The van der Waals surface area contributed by atoms with Crippen molar-refractivity contribution in [2.24, 2.45) is 0 Å². The number of nitrogens with zero attached hydrogens (tertiary/aromatic N) is 1. The molecular formula is C9H18NO2S. The summed E-state index contributed by atoms with van der Waals surface area (Å²) in [6.45, 7) is 1.72. The Morgan fingerprint density at radius 2 is 1.54 bits per heavy atom. The fourth-order valence-electron chi connectivity index (χ4n) is 2.14. The largest absolute Gasteiger partial charge is 0.299 e. The highest BCUT2D eigenvalue weighted by atomic mass is 32.3. The van der Waals surface area contributed by atoms with Gasteiger partial charge >= 0.3 is 0 Å². The maximum Gasteiger partial charge on any atom is 0.0502 e. The first-order valence-electron chi connectivity index (χ1n) is 5.01. The normalized spacial score (nSPS) is 33.4. The van der Waals surface area contributed by atoms with Crippen LogP contribution in [0.3, 0.4) is 0 Å². The van der Waals surface area contributed by atoms with E-state index in [2.05, 4.69) is 4.90 Å². The molecule has 3 nitrogen and oxygen atoms in total. The van der Waals surface area contributed by atoms with Crippen LogP contribution in [0, 0.1) is 6.04 Å². The molecule has 0 aromatic rings. The van der Waals surface area contributed by atoms with E-state index >= 15 is 0 Å². The second kappa shape index (κ2) is 3.77. The van der Waals surface area contributed by atoms with Gasteiger partial charge in [0.05, 0.1) is 11.5 Å². The topological polar surface area (TPSA) is 43.7 Å². The van der Waals surface area contributed by atoms with Crippen LogP contribution in [-0.2, 0) is 0 Å². The van der Waals surface area contributed by atoms with Crippen LogP contribution < -0.4 is 0 Å². The minimum Gasteiger partial charge on any atom is -0.299 e. The Balaban J connectivity index is 1.83. The lowest BCUT2D eigenvalue weighted by Gasteiger charge is -2.42. The van der Waals surface area contributed by atoms with Gasteiger partial charge in [-0.15, -0.1) is 0 Å². The maximum absolute atomic E-state index is 9.44. The Labute approximate surface area is 81.5 Å². The van der Waals surface area contributed by atoms with Crippen LogP contribution in [0.25, 0.3) is 0 Å². The van der Waals surface area contributed by atoms with E-state index in [1.807, 2.05) is 0 Å². The summed E-state index contributed by atoms with van der Waals surface area (Å²) in [5, 5.41) is 0. The summed E-state index contributed by atoms with van der Waals surface area (Å²) in [6.07, 6.45) is 5.11. The van der Waals surface area contributed by atoms with Crippen molar-refractivity contribution >= 4 is 10.6 Å². The molecule has 0 spiro atoms. The molecule has 1 aliphatic heterocycles. The molecule has 1 radical (unpaired) electrons. The van der Waals surface area contributed by atoms with Crippen molar-refractivity contribution in [1.29, 1.82) is 0 Å². The highest BCUT2D eigenvalue weighted by Gasteiger charge is 2.29. The third kappa shape index (κ3) is 2.37. The molecule has 77 valence electrons. The highest BCUT2D eigenvalue weighted by Crippen LogP contribution is 2.43. The quantitative estimate of drug-likeness (QED) is 0.688. The van der Waals surface area contributed by atoms with Gasteiger partial charge in [0.25, 0.3) is 0 Å². The fourth-order valence-corrected chi connectivity index (χ4v) is 3.37. The number of rotatable bonds is 1. The van der Waals surface area contributed by atoms with E-state index in [9.17, 15) is 9.11 Å². The van der Waals surface area contributed by atoms with E-state index < -0.39 is 10.6 Å². The average molecular weight is 204 g/mol. The Kier molecular flexibility index (Phi) is 2.83. The zero-order chi connectivity index (χ0) is 9.31. The van der Waals surface area contributed by atoms with Gasteiger partial charge in [-0.25, -0.2) is 0 Å². The third-order valence-corrected chi connectivity index (χ3v) is 4.68. The van der Waals surface area contributed by atoms with E-state index in [-0.39, 0.29) is 0 Å². The molecular weight excluding hydrogens is 186 g/mol. The SMILES string of the molecule is OS1(O)CCN([C]2CCCC2)CC1. The molecule has 2 fully saturated rings. The predicted octanol–water partition coefficient (Wildman–Crippen LogP) is 2.16. The Hall–Kier alpha value is 0.230. The van der Waals surface area contributed by atoms with E-state index in [0.717, 1.165) is 13.1 Å². The third-order valence-electron chi connectivity index (χ3n) is 3.00. The molecule has 2 rings (SSSR count). The van der Waals surface area contributed by atoms with Crippen LogP contribution in [0.2, 0.25) is 0 Å². The molecule has 0 amide bonds. The van der Waals surface area contributed by atoms with E-state index in [1.165, 1.54) is 25.7 Å². The van der Waals surface area contributed by atoms with Crippen LogP contribution in [-0.4, -0.2) is 38.6 Å². The van der Waals surface area contributed by atoms with Gasteiger partial charge in [-0.3, -0.25) is 14.0 Å². The molecule has 1 saturated heterocycles. The lowest BCUT2D eigenvalue weighted by Crippen LogP contribution is -2.39. The Morgan fingerprint density at radius 1 is 1.00 bits per heavy atom. The van der Waals surface area contributed by atoms with Gasteiger partial charge in [0.2, 0.25) is 0 Å². The van der Waals surface area contributed by atoms with Gasteiger partial charge in [-0.1, -0.05) is 12.8 Å². The standard InChI is InChI=1S/C9H18NO2S/c11-13(12)7-5-10(6-8-13)9-3-1-2-4-9/h11-12H,1-8H2. The van der Waals surface area contributed by atoms with Crippen LogP contribution in [0.1, 0.15) is 25.7 Å². The van der Waals surface area contributed by atoms with E-state index in [0.29, 0.717) is 11.5 Å². The molecule has 0 aromatic heterocycles. The minimum atomic E-state index is -2.20. The molecule has 1 aliphatic carbocycles. The first-order valence-corrected chi connectivity index (χ1v) is 6.89. The van der Waals surface area contributed by atoms with Gasteiger partial charge in [0, 0.05) is 19.1 Å². The van der Waals surface area contributed by atoms with Gasteiger partial charge < -0.3 is 0 Å². The molecule has 1 heterocycles. The summed E-state index contributed by atoms with van der Waals surface area (Å²) in [5.74, 6) is 1.16. The summed E-state index contributed by atoms with van der Waals surface area (Å²) < 4.78 is 18.9. The second-order valence-corrected chi connectivity index (χ2v) is 6.39. The van der Waals surface area contributed by atoms with Crippen LogP contribution in [0.5, 0.6) is 0 Å². The van der Waals surface area contributed by atoms with Gasteiger partial charge in [0.15, 0.2) is 0 Å². The number of hydrogen-bond acceptors (Lipinski definition) is 3. The smallest absolute Gasteiger partial charge is 0.0502 e. The van der Waals surface area contributed by atoms with Crippen molar-refractivity contribution in [3.63, 3.8) is 0 Å². The Morgan fingerprint density at radius 3 is 2.08 bits per heavy atom.